The van der Waals surface area contributed by atoms with Gasteiger partial charge in [-0.2, -0.15) is 0 Å². The molecule has 0 atom stereocenters. The third-order valence-electron chi connectivity index (χ3n) is 2.86. The van der Waals surface area contributed by atoms with Crippen molar-refractivity contribution in [2.24, 2.45) is 0 Å². The number of nitrogens with one attached hydrogen (secondary N) is 1. The van der Waals surface area contributed by atoms with Crippen molar-refractivity contribution in [3.05, 3.63) is 39.7 Å². The van der Waals surface area contributed by atoms with E-state index in [1.807, 2.05) is 24.3 Å². The number of hydrogen-bond acceptors (Lipinski definition) is 3. The Morgan fingerprint density at radius 1 is 1.39 bits per heavy atom. The predicted molar refractivity (Wildman–Crippen MR) is 77.7 cm³/mol. The smallest absolute Gasteiger partial charge is 0.355 e. The summed E-state index contributed by atoms with van der Waals surface area (Å²) in [5, 5.41) is 2.02. The van der Waals surface area contributed by atoms with Crippen molar-refractivity contribution in [1.29, 1.82) is 0 Å². The van der Waals surface area contributed by atoms with Gasteiger partial charge in [0.05, 0.1) is 16.2 Å². The van der Waals surface area contributed by atoms with E-state index in [1.165, 1.54) is 7.11 Å². The van der Waals surface area contributed by atoms with E-state index in [0.29, 0.717) is 5.69 Å². The quantitative estimate of drug-likeness (QED) is 0.541. The molecule has 0 radical (unpaired) electrons. The number of H-pyrrole nitrogens is 1. The fourth-order valence-electron chi connectivity index (χ4n) is 2.03. The van der Waals surface area contributed by atoms with Crippen molar-refractivity contribution in [3.8, 4) is 0 Å². The molecule has 0 spiro atoms. The van der Waals surface area contributed by atoms with Crippen LogP contribution in [0.25, 0.3) is 21.8 Å². The molecule has 0 fully saturated rings. The van der Waals surface area contributed by atoms with Gasteiger partial charge in [-0.3, -0.25) is 4.98 Å². The molecule has 4 nitrogen and oxygen atoms in total. The van der Waals surface area contributed by atoms with Crippen molar-refractivity contribution in [3.63, 3.8) is 0 Å². The van der Waals surface area contributed by atoms with Gasteiger partial charge in [0.25, 0.3) is 0 Å². The molecule has 0 aliphatic carbocycles. The molecule has 90 valence electrons. The normalized spacial score (nSPS) is 11.0. The highest BCUT2D eigenvalue weighted by Crippen LogP contribution is 2.30. The molecule has 2 heterocycles. The molecule has 0 saturated carbocycles. The maximum Gasteiger partial charge on any atom is 0.355 e. The molecular formula is C13H9IN2O2. The van der Waals surface area contributed by atoms with Crippen LogP contribution >= 0.6 is 22.6 Å². The lowest BCUT2D eigenvalue weighted by molar-refractivity contribution is 0.0594. The molecule has 2 aromatic heterocycles. The number of aromatic nitrogens is 2. The van der Waals surface area contributed by atoms with Crippen LogP contribution in [0.3, 0.4) is 0 Å². The summed E-state index contributed by atoms with van der Waals surface area (Å²) in [6.45, 7) is 0. The highest BCUT2D eigenvalue weighted by Gasteiger charge is 2.18. The van der Waals surface area contributed by atoms with Crippen LogP contribution < -0.4 is 0 Å². The largest absolute Gasteiger partial charge is 0.464 e. The SMILES string of the molecule is COC(=O)c1[nH]c2ccc3cccnc3c2c1I. The maximum absolute atomic E-state index is 11.7. The second-order valence-electron chi connectivity index (χ2n) is 3.87. The summed E-state index contributed by atoms with van der Waals surface area (Å²) in [5.41, 5.74) is 2.27. The second kappa shape index (κ2) is 4.24. The zero-order valence-electron chi connectivity index (χ0n) is 9.53. The minimum Gasteiger partial charge on any atom is -0.464 e. The highest BCUT2D eigenvalue weighted by atomic mass is 127. The van der Waals surface area contributed by atoms with Gasteiger partial charge in [0.15, 0.2) is 0 Å². The first-order chi connectivity index (χ1) is 8.72. The Labute approximate surface area is 116 Å². The summed E-state index contributed by atoms with van der Waals surface area (Å²) in [4.78, 5) is 19.1. The zero-order valence-corrected chi connectivity index (χ0v) is 11.7. The number of carbonyl (C=O) groups excluding carboxylic acids is 1. The fraction of sp³-hybridized carbons (Fsp3) is 0.0769. The van der Waals surface area contributed by atoms with Crippen LogP contribution in [0, 0.1) is 3.57 Å². The highest BCUT2D eigenvalue weighted by molar-refractivity contribution is 14.1. The number of methoxy groups -OCH3 is 1. The molecule has 0 amide bonds. The van der Waals surface area contributed by atoms with Crippen LogP contribution in [0.5, 0.6) is 0 Å². The lowest BCUT2D eigenvalue weighted by Gasteiger charge is -1.98. The molecule has 1 aromatic carbocycles. The average molecular weight is 352 g/mol. The summed E-state index contributed by atoms with van der Waals surface area (Å²) in [5.74, 6) is -0.361. The minimum atomic E-state index is -0.361. The first kappa shape index (κ1) is 11.5. The van der Waals surface area contributed by atoms with E-state index >= 15 is 0 Å². The Morgan fingerprint density at radius 3 is 3.00 bits per heavy atom. The standard InChI is InChI=1S/C13H9IN2O2/c1-18-13(17)12-10(14)9-8(16-12)5-4-7-3-2-6-15-11(7)9/h2-6,16H,1H3. The van der Waals surface area contributed by atoms with Crippen LogP contribution in [-0.2, 0) is 4.74 Å². The van der Waals surface area contributed by atoms with E-state index < -0.39 is 0 Å². The molecule has 3 aromatic rings. The molecule has 0 unspecified atom stereocenters. The number of fused-ring (bicyclic) bond motifs is 3. The first-order valence-electron chi connectivity index (χ1n) is 5.35. The number of pyridine rings is 1. The van der Waals surface area contributed by atoms with E-state index in [4.69, 9.17) is 4.74 Å². The van der Waals surface area contributed by atoms with E-state index in [0.717, 1.165) is 25.4 Å². The number of carbonyl (C=O) groups is 1. The number of benzene rings is 1. The summed E-state index contributed by atoms with van der Waals surface area (Å²) in [6.07, 6.45) is 1.75. The molecule has 0 aliphatic heterocycles. The molecule has 3 rings (SSSR count). The van der Waals surface area contributed by atoms with Gasteiger partial charge in [-0.1, -0.05) is 12.1 Å². The van der Waals surface area contributed by atoms with Gasteiger partial charge in [0.2, 0.25) is 0 Å². The number of ether oxygens (including phenoxy) is 1. The maximum atomic E-state index is 11.7. The Bertz CT molecular complexity index is 764. The second-order valence-corrected chi connectivity index (χ2v) is 4.95. The average Bonchev–Trinajstić information content (AvgIpc) is 2.76. The Kier molecular flexibility index (Phi) is 2.70. The van der Waals surface area contributed by atoms with Crippen molar-refractivity contribution in [2.75, 3.05) is 7.11 Å². The molecule has 18 heavy (non-hydrogen) atoms. The molecule has 1 N–H and O–H groups in total. The Morgan fingerprint density at radius 2 is 2.22 bits per heavy atom. The summed E-state index contributed by atoms with van der Waals surface area (Å²) in [6, 6.07) is 7.84. The van der Waals surface area contributed by atoms with E-state index in [1.54, 1.807) is 6.20 Å². The van der Waals surface area contributed by atoms with Crippen molar-refractivity contribution >= 4 is 50.4 Å². The van der Waals surface area contributed by atoms with Crippen molar-refractivity contribution < 1.29 is 9.53 Å². The number of rotatable bonds is 1. The number of hydrogen-bond donors (Lipinski definition) is 1. The number of halogens is 1. The van der Waals surface area contributed by atoms with Gasteiger partial charge >= 0.3 is 5.97 Å². The summed E-state index contributed by atoms with van der Waals surface area (Å²) in [7, 11) is 1.38. The Balaban J connectivity index is 2.44. The third kappa shape index (κ3) is 1.58. The van der Waals surface area contributed by atoms with E-state index in [-0.39, 0.29) is 5.97 Å². The van der Waals surface area contributed by atoms with Gasteiger partial charge in [0.1, 0.15) is 5.69 Å². The van der Waals surface area contributed by atoms with Crippen LogP contribution in [0.4, 0.5) is 0 Å². The van der Waals surface area contributed by atoms with Gasteiger partial charge < -0.3 is 9.72 Å². The van der Waals surface area contributed by atoms with E-state index in [2.05, 4.69) is 32.6 Å². The third-order valence-corrected chi connectivity index (χ3v) is 3.94. The monoisotopic (exact) mass is 352 g/mol. The molecular weight excluding hydrogens is 343 g/mol. The van der Waals surface area contributed by atoms with Gasteiger partial charge in [-0.05, 0) is 34.7 Å². The van der Waals surface area contributed by atoms with Crippen LogP contribution in [0.1, 0.15) is 10.5 Å². The number of nitrogens with zero attached hydrogens (tertiary/aromatic N) is 1. The lowest BCUT2D eigenvalue weighted by Crippen LogP contribution is -2.03. The fourth-order valence-corrected chi connectivity index (χ4v) is 2.93. The van der Waals surface area contributed by atoms with Crippen LogP contribution in [-0.4, -0.2) is 23.0 Å². The van der Waals surface area contributed by atoms with Gasteiger partial charge in [-0.25, -0.2) is 4.79 Å². The summed E-state index contributed by atoms with van der Waals surface area (Å²) < 4.78 is 5.61. The van der Waals surface area contributed by atoms with Crippen molar-refractivity contribution in [1.82, 2.24) is 9.97 Å². The zero-order chi connectivity index (χ0) is 12.7. The first-order valence-corrected chi connectivity index (χ1v) is 6.43. The summed E-state index contributed by atoms with van der Waals surface area (Å²) >= 11 is 2.15. The van der Waals surface area contributed by atoms with E-state index in [9.17, 15) is 4.79 Å². The van der Waals surface area contributed by atoms with Gasteiger partial charge in [-0.15, -0.1) is 0 Å². The molecule has 0 aliphatic rings. The lowest BCUT2D eigenvalue weighted by atomic mass is 10.1. The van der Waals surface area contributed by atoms with Gasteiger partial charge in [0, 0.05) is 22.5 Å². The molecule has 5 heteroatoms. The molecule has 0 bridgehead atoms. The topological polar surface area (TPSA) is 55.0 Å². The Hall–Kier alpha value is -1.63. The minimum absolute atomic E-state index is 0.361. The number of esters is 1. The van der Waals surface area contributed by atoms with Crippen LogP contribution in [0.2, 0.25) is 0 Å². The number of aromatic amines is 1. The predicted octanol–water partition coefficient (Wildman–Crippen LogP) is 3.11. The van der Waals surface area contributed by atoms with Crippen molar-refractivity contribution in [2.45, 2.75) is 0 Å². The molecule has 0 saturated heterocycles. The van der Waals surface area contributed by atoms with Crippen LogP contribution in [0.15, 0.2) is 30.5 Å².